The van der Waals surface area contributed by atoms with Crippen LogP contribution in [0.5, 0.6) is 0 Å². The Kier molecular flexibility index (Phi) is 6.38. The quantitative estimate of drug-likeness (QED) is 0.812. The Morgan fingerprint density at radius 1 is 1.28 bits per heavy atom. The fourth-order valence-corrected chi connectivity index (χ4v) is 2.91. The molecule has 0 radical (unpaired) electrons. The summed E-state index contributed by atoms with van der Waals surface area (Å²) in [6.07, 6.45) is 0.623. The number of alkyl carbamates (subject to hydrolysis) is 1. The molecule has 25 heavy (non-hydrogen) atoms. The van der Waals surface area contributed by atoms with Crippen LogP contribution in [-0.4, -0.2) is 41.4 Å². The third-order valence-corrected chi connectivity index (χ3v) is 4.28. The van der Waals surface area contributed by atoms with E-state index in [0.29, 0.717) is 13.0 Å². The fraction of sp³-hybridized carbons (Fsp3) is 0.500. The third-order valence-electron chi connectivity index (χ3n) is 4.28. The van der Waals surface area contributed by atoms with Gasteiger partial charge in [0.25, 0.3) is 0 Å². The molecule has 0 aromatic heterocycles. The van der Waals surface area contributed by atoms with Crippen molar-refractivity contribution in [3.63, 3.8) is 0 Å². The molecule has 1 unspecified atom stereocenters. The first-order chi connectivity index (χ1) is 11.9. The molecule has 1 aromatic carbocycles. The molecule has 0 saturated carbocycles. The van der Waals surface area contributed by atoms with Crippen LogP contribution in [0.25, 0.3) is 0 Å². The van der Waals surface area contributed by atoms with Gasteiger partial charge in [-0.1, -0.05) is 44.2 Å². The van der Waals surface area contributed by atoms with Crippen LogP contribution in [0.15, 0.2) is 30.3 Å². The smallest absolute Gasteiger partial charge is 0.408 e. The number of hydrogen-bond donors (Lipinski definition) is 2. The van der Waals surface area contributed by atoms with Crippen LogP contribution >= 0.6 is 0 Å². The highest BCUT2D eigenvalue weighted by Crippen LogP contribution is 2.20. The summed E-state index contributed by atoms with van der Waals surface area (Å²) < 4.78 is 5.18. The predicted molar refractivity (Wildman–Crippen MR) is 92.3 cm³/mol. The molecule has 1 heterocycles. The van der Waals surface area contributed by atoms with Crippen molar-refractivity contribution in [2.45, 2.75) is 45.4 Å². The van der Waals surface area contributed by atoms with E-state index in [2.05, 4.69) is 5.32 Å². The summed E-state index contributed by atoms with van der Waals surface area (Å²) in [6, 6.07) is 7.92. The molecule has 1 aliphatic rings. The fourth-order valence-electron chi connectivity index (χ4n) is 2.91. The third kappa shape index (κ3) is 4.95. The van der Waals surface area contributed by atoms with Crippen LogP contribution in [0.3, 0.4) is 0 Å². The highest BCUT2D eigenvalue weighted by molar-refractivity contribution is 5.91. The maximum Gasteiger partial charge on any atom is 0.408 e. The van der Waals surface area contributed by atoms with E-state index in [-0.39, 0.29) is 18.4 Å². The van der Waals surface area contributed by atoms with Crippen molar-refractivity contribution < 1.29 is 19.1 Å². The van der Waals surface area contributed by atoms with Gasteiger partial charge in [0.1, 0.15) is 18.7 Å². The molecule has 1 aromatic rings. The molecule has 1 fully saturated rings. The molecule has 7 nitrogen and oxygen atoms in total. The lowest BCUT2D eigenvalue weighted by atomic mass is 10.0. The van der Waals surface area contributed by atoms with E-state index in [1.54, 1.807) is 0 Å². The average molecular weight is 347 g/mol. The Labute approximate surface area is 147 Å². The molecule has 0 aliphatic carbocycles. The summed E-state index contributed by atoms with van der Waals surface area (Å²) in [5, 5.41) is 2.62. The van der Waals surface area contributed by atoms with Gasteiger partial charge in [-0.15, -0.1) is 0 Å². The number of amides is 3. The van der Waals surface area contributed by atoms with E-state index in [4.69, 9.17) is 10.5 Å². The van der Waals surface area contributed by atoms with Gasteiger partial charge in [0.05, 0.1) is 0 Å². The van der Waals surface area contributed by atoms with Crippen molar-refractivity contribution in [2.75, 3.05) is 6.54 Å². The molecule has 3 N–H and O–H groups in total. The van der Waals surface area contributed by atoms with Gasteiger partial charge < -0.3 is 20.7 Å². The second-order valence-electron chi connectivity index (χ2n) is 6.52. The topological polar surface area (TPSA) is 102 Å². The summed E-state index contributed by atoms with van der Waals surface area (Å²) in [7, 11) is 0. The van der Waals surface area contributed by atoms with Crippen LogP contribution in [-0.2, 0) is 20.9 Å². The molecule has 7 heteroatoms. The normalized spacial score (nSPS) is 18.0. The van der Waals surface area contributed by atoms with Crippen LogP contribution in [0.1, 0.15) is 32.3 Å². The number of carbonyl (C=O) groups excluding carboxylic acids is 3. The van der Waals surface area contributed by atoms with Crippen molar-refractivity contribution in [3.05, 3.63) is 35.9 Å². The van der Waals surface area contributed by atoms with Crippen molar-refractivity contribution in [1.29, 1.82) is 0 Å². The molecule has 1 saturated heterocycles. The van der Waals surface area contributed by atoms with Gasteiger partial charge in [0.2, 0.25) is 11.8 Å². The van der Waals surface area contributed by atoms with Gasteiger partial charge in [-0.2, -0.15) is 0 Å². The lowest BCUT2D eigenvalue weighted by Crippen LogP contribution is -2.54. The first-order valence-corrected chi connectivity index (χ1v) is 8.47. The standard InChI is InChI=1S/C18H25N3O4/c1-12(2)15(17(23)21-10-6-9-14(21)16(19)22)20-18(24)25-11-13-7-4-3-5-8-13/h3-5,7-8,12,14-15H,6,9-11H2,1-2H3,(H2,19,22)(H,20,24)/t14-,15?/m0/s1. The van der Waals surface area contributed by atoms with Crippen molar-refractivity contribution >= 4 is 17.9 Å². The SMILES string of the molecule is CC(C)C(NC(=O)OCc1ccccc1)C(=O)N1CCC[C@H]1C(N)=O. The zero-order valence-electron chi connectivity index (χ0n) is 14.6. The second kappa shape index (κ2) is 8.50. The molecule has 3 amide bonds. The average Bonchev–Trinajstić information content (AvgIpc) is 3.08. The number of nitrogens with two attached hydrogens (primary N) is 1. The highest BCUT2D eigenvalue weighted by Gasteiger charge is 2.37. The van der Waals surface area contributed by atoms with Crippen LogP contribution in [0.2, 0.25) is 0 Å². The monoisotopic (exact) mass is 347 g/mol. The van der Waals surface area contributed by atoms with E-state index in [9.17, 15) is 14.4 Å². The van der Waals surface area contributed by atoms with Gasteiger partial charge in [0.15, 0.2) is 0 Å². The van der Waals surface area contributed by atoms with Crippen LogP contribution in [0.4, 0.5) is 4.79 Å². The molecule has 136 valence electrons. The maximum absolute atomic E-state index is 12.8. The summed E-state index contributed by atoms with van der Waals surface area (Å²) >= 11 is 0. The lowest BCUT2D eigenvalue weighted by molar-refractivity contribution is -0.139. The molecule has 1 aliphatic heterocycles. The number of primary amides is 1. The summed E-state index contributed by atoms with van der Waals surface area (Å²) in [6.45, 7) is 4.25. The van der Waals surface area contributed by atoms with E-state index in [1.807, 2.05) is 44.2 Å². The largest absolute Gasteiger partial charge is 0.445 e. The number of hydrogen-bond acceptors (Lipinski definition) is 4. The number of carbonyl (C=O) groups is 3. The number of nitrogens with one attached hydrogen (secondary N) is 1. The van der Waals surface area contributed by atoms with Crippen LogP contribution in [0, 0.1) is 5.92 Å². The number of ether oxygens (including phenoxy) is 1. The molecular formula is C18H25N3O4. The van der Waals surface area contributed by atoms with Gasteiger partial charge in [-0.05, 0) is 24.3 Å². The van der Waals surface area contributed by atoms with Crippen molar-refractivity contribution in [3.8, 4) is 0 Å². The van der Waals surface area contributed by atoms with E-state index < -0.39 is 24.1 Å². The second-order valence-corrected chi connectivity index (χ2v) is 6.52. The molecular weight excluding hydrogens is 322 g/mol. The Balaban J connectivity index is 1.96. The summed E-state index contributed by atoms with van der Waals surface area (Å²) in [5.41, 5.74) is 6.23. The van der Waals surface area contributed by atoms with Crippen LogP contribution < -0.4 is 11.1 Å². The van der Waals surface area contributed by atoms with Gasteiger partial charge in [-0.3, -0.25) is 9.59 Å². The summed E-state index contributed by atoms with van der Waals surface area (Å²) in [5.74, 6) is -0.959. The van der Waals surface area contributed by atoms with E-state index >= 15 is 0 Å². The summed E-state index contributed by atoms with van der Waals surface area (Å²) in [4.78, 5) is 37.8. The maximum atomic E-state index is 12.8. The zero-order valence-corrected chi connectivity index (χ0v) is 14.6. The number of rotatable bonds is 6. The van der Waals surface area contributed by atoms with Gasteiger partial charge in [0, 0.05) is 6.54 Å². The molecule has 0 bridgehead atoms. The minimum absolute atomic E-state index is 0.124. The van der Waals surface area contributed by atoms with Gasteiger partial charge >= 0.3 is 6.09 Å². The van der Waals surface area contributed by atoms with Gasteiger partial charge in [-0.25, -0.2) is 4.79 Å². The Bertz CT molecular complexity index is 618. The Hall–Kier alpha value is -2.57. The van der Waals surface area contributed by atoms with Crippen molar-refractivity contribution in [2.24, 2.45) is 11.7 Å². The molecule has 2 atom stereocenters. The molecule has 0 spiro atoms. The minimum atomic E-state index is -0.761. The number of benzene rings is 1. The van der Waals surface area contributed by atoms with Crippen molar-refractivity contribution in [1.82, 2.24) is 10.2 Å². The zero-order chi connectivity index (χ0) is 18.4. The first kappa shape index (κ1) is 18.8. The number of nitrogens with zero attached hydrogens (tertiary/aromatic N) is 1. The predicted octanol–water partition coefficient (Wildman–Crippen LogP) is 1.41. The Morgan fingerprint density at radius 3 is 2.56 bits per heavy atom. The van der Waals surface area contributed by atoms with E-state index in [0.717, 1.165) is 12.0 Å². The highest BCUT2D eigenvalue weighted by atomic mass is 16.5. The Morgan fingerprint density at radius 2 is 1.96 bits per heavy atom. The van der Waals surface area contributed by atoms with E-state index in [1.165, 1.54) is 4.90 Å². The lowest BCUT2D eigenvalue weighted by Gasteiger charge is -2.29. The first-order valence-electron chi connectivity index (χ1n) is 8.47. The number of likely N-dealkylation sites (tertiary alicyclic amines) is 1. The molecule has 2 rings (SSSR count). The minimum Gasteiger partial charge on any atom is -0.445 e.